The maximum atomic E-state index is 12.8. The molecule has 3 aromatic carbocycles. The van der Waals surface area contributed by atoms with Crippen LogP contribution in [0.25, 0.3) is 11.3 Å². The molecule has 0 fully saturated rings. The molecular formula is C27H25N5O2S. The summed E-state index contributed by atoms with van der Waals surface area (Å²) in [7, 11) is 0. The lowest BCUT2D eigenvalue weighted by atomic mass is 10.1. The molecule has 35 heavy (non-hydrogen) atoms. The Bertz CT molecular complexity index is 1310. The van der Waals surface area contributed by atoms with E-state index in [9.17, 15) is 9.59 Å². The van der Waals surface area contributed by atoms with Crippen molar-refractivity contribution < 1.29 is 9.59 Å². The molecule has 4 rings (SSSR count). The number of nitrogens with two attached hydrogens (primary N) is 1. The Kier molecular flexibility index (Phi) is 7.74. The Morgan fingerprint density at radius 2 is 1.66 bits per heavy atom. The Balaban J connectivity index is 1.33. The van der Waals surface area contributed by atoms with Crippen molar-refractivity contribution in [3.05, 3.63) is 102 Å². The van der Waals surface area contributed by atoms with Crippen molar-refractivity contribution in [1.29, 1.82) is 0 Å². The summed E-state index contributed by atoms with van der Waals surface area (Å²) in [5.74, 6) is -0.430. The first-order chi connectivity index (χ1) is 17.0. The van der Waals surface area contributed by atoms with Gasteiger partial charge in [0.05, 0.1) is 11.9 Å². The Morgan fingerprint density at radius 3 is 2.37 bits per heavy atom. The summed E-state index contributed by atoms with van der Waals surface area (Å²) in [4.78, 5) is 34.3. The number of nitrogens with zero attached hydrogens (tertiary/aromatic N) is 2. The van der Waals surface area contributed by atoms with Crippen LogP contribution in [0.3, 0.4) is 0 Å². The lowest BCUT2D eigenvalue weighted by Crippen LogP contribution is -2.17. The van der Waals surface area contributed by atoms with Crippen molar-refractivity contribution in [3.63, 3.8) is 0 Å². The average Bonchev–Trinajstić information content (AvgIpc) is 2.88. The lowest BCUT2D eigenvalue weighted by molar-refractivity contribution is -0.119. The van der Waals surface area contributed by atoms with Gasteiger partial charge in [0.2, 0.25) is 5.91 Å². The van der Waals surface area contributed by atoms with Crippen LogP contribution in [0.2, 0.25) is 0 Å². The number of anilines is 2. The molecule has 7 nitrogen and oxygen atoms in total. The molecule has 0 atom stereocenters. The monoisotopic (exact) mass is 483 g/mol. The highest BCUT2D eigenvalue weighted by Gasteiger charge is 2.15. The Labute approximate surface area is 208 Å². The third kappa shape index (κ3) is 6.68. The predicted molar refractivity (Wildman–Crippen MR) is 140 cm³/mol. The molecule has 0 bridgehead atoms. The normalized spacial score (nSPS) is 10.5. The SMILES string of the molecule is Cc1ccc(-c2cnc(N)c(C(=O)Nc3ccc(SNC(=O)CCc4ccccc4)cc3)n2)cc1. The second kappa shape index (κ2) is 11.3. The molecule has 0 unspecified atom stereocenters. The lowest BCUT2D eigenvalue weighted by Gasteiger charge is -2.09. The fourth-order valence-corrected chi connectivity index (χ4v) is 3.90. The van der Waals surface area contributed by atoms with Crippen LogP contribution in [0, 0.1) is 6.92 Å². The van der Waals surface area contributed by atoms with Gasteiger partial charge in [0.25, 0.3) is 5.91 Å². The smallest absolute Gasteiger partial charge is 0.278 e. The Hall–Kier alpha value is -4.17. The van der Waals surface area contributed by atoms with E-state index < -0.39 is 5.91 Å². The molecule has 8 heteroatoms. The van der Waals surface area contributed by atoms with Gasteiger partial charge in [-0.2, -0.15) is 0 Å². The van der Waals surface area contributed by atoms with Crippen LogP contribution < -0.4 is 15.8 Å². The van der Waals surface area contributed by atoms with E-state index in [4.69, 9.17) is 5.73 Å². The van der Waals surface area contributed by atoms with Gasteiger partial charge in [-0.1, -0.05) is 60.2 Å². The third-order valence-corrected chi connectivity index (χ3v) is 6.08. The summed E-state index contributed by atoms with van der Waals surface area (Å²) >= 11 is 1.24. The van der Waals surface area contributed by atoms with E-state index in [1.165, 1.54) is 11.9 Å². The number of aromatic nitrogens is 2. The van der Waals surface area contributed by atoms with Crippen LogP contribution in [0.5, 0.6) is 0 Å². The number of aryl methyl sites for hydroxylation is 2. The van der Waals surface area contributed by atoms with Crippen molar-refractivity contribution in [1.82, 2.24) is 14.7 Å². The van der Waals surface area contributed by atoms with Crippen LogP contribution in [0.4, 0.5) is 11.5 Å². The predicted octanol–water partition coefficient (Wildman–Crippen LogP) is 5.04. The third-order valence-electron chi connectivity index (χ3n) is 5.24. The molecule has 0 aliphatic heterocycles. The average molecular weight is 484 g/mol. The number of nitrogen functional groups attached to an aromatic ring is 1. The molecular weight excluding hydrogens is 458 g/mol. The number of carbonyl (C=O) groups is 2. The molecule has 176 valence electrons. The van der Waals surface area contributed by atoms with Crippen molar-refractivity contribution in [2.75, 3.05) is 11.1 Å². The zero-order valence-electron chi connectivity index (χ0n) is 19.2. The standard InChI is InChI=1S/C27H25N5O2S/c1-18-7-10-20(11-8-18)23-17-29-26(28)25(31-23)27(34)30-21-12-14-22(15-13-21)35-32-24(33)16-9-19-5-3-2-4-6-19/h2-8,10-15,17H,9,16H2,1H3,(H2,28,29)(H,30,34)(H,32,33). The second-order valence-corrected chi connectivity index (χ2v) is 8.83. The second-order valence-electron chi connectivity index (χ2n) is 7.95. The first kappa shape index (κ1) is 24.0. The van der Waals surface area contributed by atoms with Gasteiger partial charge in [-0.05, 0) is 55.1 Å². The number of hydrogen-bond acceptors (Lipinski definition) is 6. The molecule has 0 aliphatic carbocycles. The molecule has 0 radical (unpaired) electrons. The highest BCUT2D eigenvalue weighted by atomic mass is 32.2. The minimum Gasteiger partial charge on any atom is -0.382 e. The summed E-state index contributed by atoms with van der Waals surface area (Å²) in [6.07, 6.45) is 2.65. The van der Waals surface area contributed by atoms with E-state index in [0.717, 1.165) is 21.6 Å². The highest BCUT2D eigenvalue weighted by molar-refractivity contribution is 7.98. The molecule has 4 N–H and O–H groups in total. The molecule has 4 aromatic rings. The number of rotatable bonds is 8. The van der Waals surface area contributed by atoms with Crippen molar-refractivity contribution >= 4 is 35.3 Å². The van der Waals surface area contributed by atoms with Gasteiger partial charge in [-0.15, -0.1) is 0 Å². The van der Waals surface area contributed by atoms with Gasteiger partial charge in [0.1, 0.15) is 0 Å². The van der Waals surface area contributed by atoms with E-state index in [2.05, 4.69) is 20.0 Å². The number of nitrogens with one attached hydrogen (secondary N) is 2. The maximum absolute atomic E-state index is 12.8. The van der Waals surface area contributed by atoms with E-state index in [1.54, 1.807) is 18.3 Å². The Morgan fingerprint density at radius 1 is 0.943 bits per heavy atom. The number of hydrogen-bond donors (Lipinski definition) is 3. The fraction of sp³-hybridized carbons (Fsp3) is 0.111. The van der Waals surface area contributed by atoms with E-state index in [1.807, 2.05) is 73.7 Å². The van der Waals surface area contributed by atoms with Gasteiger partial charge in [0, 0.05) is 22.6 Å². The van der Waals surface area contributed by atoms with Crippen LogP contribution >= 0.6 is 11.9 Å². The zero-order chi connectivity index (χ0) is 24.6. The van der Waals surface area contributed by atoms with Crippen LogP contribution in [0.15, 0.2) is 90.0 Å². The van der Waals surface area contributed by atoms with Gasteiger partial charge < -0.3 is 11.1 Å². The van der Waals surface area contributed by atoms with Crippen LogP contribution in [-0.2, 0) is 11.2 Å². The maximum Gasteiger partial charge on any atom is 0.278 e. The zero-order valence-corrected chi connectivity index (χ0v) is 20.0. The summed E-state index contributed by atoms with van der Waals surface area (Å²) in [6.45, 7) is 2.00. The summed E-state index contributed by atoms with van der Waals surface area (Å²) in [5, 5.41) is 2.80. The first-order valence-corrected chi connectivity index (χ1v) is 11.9. The van der Waals surface area contributed by atoms with Crippen molar-refractivity contribution in [2.24, 2.45) is 0 Å². The van der Waals surface area contributed by atoms with E-state index in [0.29, 0.717) is 24.2 Å². The number of benzene rings is 3. The largest absolute Gasteiger partial charge is 0.382 e. The summed E-state index contributed by atoms with van der Waals surface area (Å²) in [5.41, 5.74) is 10.2. The molecule has 2 amide bonds. The van der Waals surface area contributed by atoms with Crippen molar-refractivity contribution in [3.8, 4) is 11.3 Å². The molecule has 0 aliphatic rings. The minimum absolute atomic E-state index is 0.0428. The number of amides is 2. The molecule has 0 spiro atoms. The van der Waals surface area contributed by atoms with E-state index >= 15 is 0 Å². The quantitative estimate of drug-likeness (QED) is 0.303. The minimum atomic E-state index is -0.446. The highest BCUT2D eigenvalue weighted by Crippen LogP contribution is 2.21. The summed E-state index contributed by atoms with van der Waals surface area (Å²) in [6, 6.07) is 24.8. The molecule has 0 saturated heterocycles. The van der Waals surface area contributed by atoms with Crippen LogP contribution in [-0.4, -0.2) is 21.8 Å². The first-order valence-electron chi connectivity index (χ1n) is 11.1. The molecule has 1 aromatic heterocycles. The molecule has 0 saturated carbocycles. The van der Waals surface area contributed by atoms with Gasteiger partial charge in [-0.3, -0.25) is 14.3 Å². The number of carbonyl (C=O) groups excluding carboxylic acids is 2. The van der Waals surface area contributed by atoms with Crippen LogP contribution in [0.1, 0.15) is 28.0 Å². The molecule has 1 heterocycles. The van der Waals surface area contributed by atoms with Gasteiger partial charge >= 0.3 is 0 Å². The topological polar surface area (TPSA) is 110 Å². The van der Waals surface area contributed by atoms with Gasteiger partial charge in [-0.25, -0.2) is 9.97 Å². The summed E-state index contributed by atoms with van der Waals surface area (Å²) < 4.78 is 2.84. The van der Waals surface area contributed by atoms with E-state index in [-0.39, 0.29) is 17.4 Å². The van der Waals surface area contributed by atoms with Crippen molar-refractivity contribution in [2.45, 2.75) is 24.7 Å². The van der Waals surface area contributed by atoms with Gasteiger partial charge in [0.15, 0.2) is 11.5 Å². The fourth-order valence-electron chi connectivity index (χ4n) is 3.29.